The van der Waals surface area contributed by atoms with Crippen LogP contribution in [0.2, 0.25) is 0 Å². The highest BCUT2D eigenvalue weighted by Crippen LogP contribution is 2.27. The average molecular weight is 373 g/mol. The van der Waals surface area contributed by atoms with Crippen LogP contribution in [0.15, 0.2) is 31.0 Å². The molecule has 0 spiro atoms. The summed E-state index contributed by atoms with van der Waals surface area (Å²) in [5.41, 5.74) is 5.92. The van der Waals surface area contributed by atoms with Crippen LogP contribution in [0.1, 0.15) is 26.7 Å². The lowest BCUT2D eigenvalue weighted by Crippen LogP contribution is -2.40. The van der Waals surface area contributed by atoms with E-state index in [9.17, 15) is 13.2 Å². The zero-order valence-corrected chi connectivity index (χ0v) is 15.1. The normalized spacial score (nSPS) is 19.7. The minimum Gasteiger partial charge on any atom is -0.490 e. The van der Waals surface area contributed by atoms with Crippen molar-refractivity contribution in [1.29, 1.82) is 0 Å². The molecule has 1 fully saturated rings. The van der Waals surface area contributed by atoms with E-state index in [0.717, 1.165) is 37.8 Å². The first kappa shape index (κ1) is 20.5. The molecular formula is C18H26F3N3O2. The van der Waals surface area contributed by atoms with Crippen LogP contribution in [-0.4, -0.2) is 42.7 Å². The van der Waals surface area contributed by atoms with Crippen molar-refractivity contribution in [3.05, 3.63) is 31.0 Å². The van der Waals surface area contributed by atoms with E-state index < -0.39 is 24.5 Å². The fourth-order valence-electron chi connectivity index (χ4n) is 2.89. The number of anilines is 1. The van der Waals surface area contributed by atoms with Gasteiger partial charge in [0.2, 0.25) is 0 Å². The topological polar surface area (TPSA) is 60.6 Å². The summed E-state index contributed by atoms with van der Waals surface area (Å²) in [5.74, 6) is 0.791. The number of hydrogen-bond acceptors (Lipinski definition) is 5. The number of alkyl halides is 3. The predicted octanol–water partition coefficient (Wildman–Crippen LogP) is 3.50. The van der Waals surface area contributed by atoms with E-state index in [1.54, 1.807) is 32.2 Å². The van der Waals surface area contributed by atoms with Crippen molar-refractivity contribution in [2.75, 3.05) is 18.0 Å². The highest BCUT2D eigenvalue weighted by atomic mass is 19.4. The Labute approximate surface area is 152 Å². The number of halogens is 3. The minimum absolute atomic E-state index is 0.219. The maximum absolute atomic E-state index is 12.5. The molecule has 1 unspecified atom stereocenters. The second-order valence-corrected chi connectivity index (χ2v) is 6.62. The van der Waals surface area contributed by atoms with Crippen LogP contribution in [0.4, 0.5) is 19.0 Å². The van der Waals surface area contributed by atoms with Gasteiger partial charge in [0.1, 0.15) is 17.7 Å². The third-order valence-corrected chi connectivity index (χ3v) is 4.66. The van der Waals surface area contributed by atoms with Crippen molar-refractivity contribution in [2.45, 2.75) is 51.3 Å². The van der Waals surface area contributed by atoms with Gasteiger partial charge in [-0.15, -0.1) is 19.8 Å². The second-order valence-electron chi connectivity index (χ2n) is 6.62. The molecule has 1 aromatic heterocycles. The molecule has 26 heavy (non-hydrogen) atoms. The lowest BCUT2D eigenvalue weighted by molar-refractivity contribution is -0.342. The lowest BCUT2D eigenvalue weighted by atomic mass is 9.99. The second kappa shape index (κ2) is 8.73. The molecule has 2 heterocycles. The molecule has 1 aliphatic heterocycles. The first-order chi connectivity index (χ1) is 12.2. The largest absolute Gasteiger partial charge is 0.523 e. The van der Waals surface area contributed by atoms with Gasteiger partial charge in [0.05, 0.1) is 6.10 Å². The Hall–Kier alpha value is -1.80. The molecule has 8 heteroatoms. The molecule has 1 aliphatic rings. The number of piperidine rings is 1. The number of nitrogens with two attached hydrogens (primary N) is 1. The highest BCUT2D eigenvalue weighted by molar-refractivity contribution is 5.44. The Balaban J connectivity index is 2.00. The maximum Gasteiger partial charge on any atom is 0.523 e. The average Bonchev–Trinajstić information content (AvgIpc) is 2.59. The van der Waals surface area contributed by atoms with Gasteiger partial charge in [-0.1, -0.05) is 13.0 Å². The summed E-state index contributed by atoms with van der Waals surface area (Å²) in [4.78, 5) is 6.48. The van der Waals surface area contributed by atoms with E-state index >= 15 is 0 Å². The molecule has 2 rings (SSSR count). The molecule has 0 aliphatic carbocycles. The minimum atomic E-state index is -4.72. The highest BCUT2D eigenvalue weighted by Gasteiger charge is 2.36. The van der Waals surface area contributed by atoms with Gasteiger partial charge >= 0.3 is 6.36 Å². The van der Waals surface area contributed by atoms with E-state index in [0.29, 0.717) is 5.75 Å². The molecule has 0 saturated carbocycles. The van der Waals surface area contributed by atoms with Crippen molar-refractivity contribution in [1.82, 2.24) is 4.98 Å². The maximum atomic E-state index is 12.5. The van der Waals surface area contributed by atoms with Gasteiger partial charge in [0.25, 0.3) is 0 Å². The SMILES string of the molecule is C=CC(OC(F)(F)F)[C@H](C)[C@H](C)Oc1ccnc(N2CCC(N)CC2)c1. The molecule has 3 atom stereocenters. The van der Waals surface area contributed by atoms with Crippen LogP contribution < -0.4 is 15.4 Å². The Morgan fingerprint density at radius 1 is 1.35 bits per heavy atom. The summed E-state index contributed by atoms with van der Waals surface area (Å²) in [5, 5.41) is 0. The predicted molar refractivity (Wildman–Crippen MR) is 94.0 cm³/mol. The van der Waals surface area contributed by atoms with Gasteiger partial charge in [-0.05, 0) is 25.8 Å². The van der Waals surface area contributed by atoms with Gasteiger partial charge in [-0.25, -0.2) is 4.98 Å². The van der Waals surface area contributed by atoms with Crippen LogP contribution in [0.3, 0.4) is 0 Å². The molecular weight excluding hydrogens is 347 g/mol. The Morgan fingerprint density at radius 3 is 2.58 bits per heavy atom. The van der Waals surface area contributed by atoms with E-state index in [-0.39, 0.29) is 6.04 Å². The number of aromatic nitrogens is 1. The third kappa shape index (κ3) is 5.88. The lowest BCUT2D eigenvalue weighted by Gasteiger charge is -2.31. The van der Waals surface area contributed by atoms with E-state index in [1.807, 2.05) is 0 Å². The van der Waals surface area contributed by atoms with Gasteiger partial charge in [-0.3, -0.25) is 4.74 Å². The van der Waals surface area contributed by atoms with Crippen molar-refractivity contribution < 1.29 is 22.6 Å². The first-order valence-corrected chi connectivity index (χ1v) is 8.70. The molecule has 0 radical (unpaired) electrons. The van der Waals surface area contributed by atoms with Crippen LogP contribution in [-0.2, 0) is 4.74 Å². The fourth-order valence-corrected chi connectivity index (χ4v) is 2.89. The van der Waals surface area contributed by atoms with Gasteiger partial charge < -0.3 is 15.4 Å². The van der Waals surface area contributed by atoms with Crippen molar-refractivity contribution in [2.24, 2.45) is 11.7 Å². The standard InChI is InChI=1S/C18H26F3N3O2/c1-4-16(26-18(19,20)21)12(2)13(3)25-15-5-8-23-17(11-15)24-9-6-14(22)7-10-24/h4-5,8,11-14,16H,1,6-7,9-10,22H2,2-3H3/t12-,13+,16?/m1/s1. The first-order valence-electron chi connectivity index (χ1n) is 8.70. The smallest absolute Gasteiger partial charge is 0.490 e. The zero-order chi connectivity index (χ0) is 19.3. The molecule has 1 aromatic rings. The third-order valence-electron chi connectivity index (χ3n) is 4.66. The number of ether oxygens (including phenoxy) is 2. The van der Waals surface area contributed by atoms with Gasteiger partial charge in [0.15, 0.2) is 0 Å². The number of rotatable bonds is 7. The van der Waals surface area contributed by atoms with Crippen LogP contribution in [0, 0.1) is 5.92 Å². The van der Waals surface area contributed by atoms with E-state index in [4.69, 9.17) is 10.5 Å². The summed E-state index contributed by atoms with van der Waals surface area (Å²) < 4.78 is 47.4. The number of nitrogens with zero attached hydrogens (tertiary/aromatic N) is 2. The monoisotopic (exact) mass is 373 g/mol. The molecule has 0 amide bonds. The van der Waals surface area contributed by atoms with Crippen molar-refractivity contribution >= 4 is 5.82 Å². The van der Waals surface area contributed by atoms with Crippen molar-refractivity contribution in [3.63, 3.8) is 0 Å². The van der Waals surface area contributed by atoms with Crippen LogP contribution >= 0.6 is 0 Å². The Kier molecular flexibility index (Phi) is 6.88. The summed E-state index contributed by atoms with van der Waals surface area (Å²) in [6.45, 7) is 8.42. The molecule has 146 valence electrons. The zero-order valence-electron chi connectivity index (χ0n) is 15.1. The summed E-state index contributed by atoms with van der Waals surface area (Å²) in [6.07, 6.45) is -1.83. The van der Waals surface area contributed by atoms with E-state index in [2.05, 4.69) is 21.2 Å². The molecule has 1 saturated heterocycles. The molecule has 5 nitrogen and oxygen atoms in total. The van der Waals surface area contributed by atoms with Gasteiger partial charge in [-0.2, -0.15) is 0 Å². The Bertz CT molecular complexity index is 589. The number of hydrogen-bond donors (Lipinski definition) is 1. The fraction of sp³-hybridized carbons (Fsp3) is 0.611. The summed E-state index contributed by atoms with van der Waals surface area (Å²) in [7, 11) is 0. The molecule has 0 aromatic carbocycles. The van der Waals surface area contributed by atoms with Crippen LogP contribution in [0.25, 0.3) is 0 Å². The van der Waals surface area contributed by atoms with Gasteiger partial charge in [0, 0.05) is 37.3 Å². The van der Waals surface area contributed by atoms with Crippen LogP contribution in [0.5, 0.6) is 5.75 Å². The Morgan fingerprint density at radius 2 is 2.00 bits per heavy atom. The van der Waals surface area contributed by atoms with E-state index in [1.165, 1.54) is 0 Å². The number of pyridine rings is 1. The van der Waals surface area contributed by atoms with Crippen molar-refractivity contribution in [3.8, 4) is 5.75 Å². The quantitative estimate of drug-likeness (QED) is 0.741. The molecule has 0 bridgehead atoms. The summed E-state index contributed by atoms with van der Waals surface area (Å²) >= 11 is 0. The summed E-state index contributed by atoms with van der Waals surface area (Å²) in [6, 6.07) is 3.71. The molecule has 2 N–H and O–H groups in total.